The lowest BCUT2D eigenvalue weighted by Gasteiger charge is -2.30. The van der Waals surface area contributed by atoms with Gasteiger partial charge in [-0.2, -0.15) is 0 Å². The fourth-order valence-electron chi connectivity index (χ4n) is 1.87. The lowest BCUT2D eigenvalue weighted by atomic mass is 10.1. The van der Waals surface area contributed by atoms with Crippen LogP contribution in [0.4, 0.5) is 5.69 Å². The van der Waals surface area contributed by atoms with Crippen molar-refractivity contribution >= 4 is 23.2 Å². The maximum atomic E-state index is 11.3. The van der Waals surface area contributed by atoms with Gasteiger partial charge in [-0.05, 0) is 6.07 Å². The maximum Gasteiger partial charge on any atom is 0.239 e. The summed E-state index contributed by atoms with van der Waals surface area (Å²) in [6.45, 7) is 1.53. The average Bonchev–Trinajstić information content (AvgIpc) is 2.28. The number of anilines is 1. The predicted molar refractivity (Wildman–Crippen MR) is 62.6 cm³/mol. The average molecular weight is 241 g/mol. The molecule has 0 spiro atoms. The van der Waals surface area contributed by atoms with Gasteiger partial charge in [0.05, 0.1) is 23.9 Å². The monoisotopic (exact) mass is 240 g/mol. The Bertz CT molecular complexity index is 409. The topological polar surface area (TPSA) is 52.6 Å². The first-order valence-electron chi connectivity index (χ1n) is 5.12. The third kappa shape index (κ3) is 2.13. The molecular weight excluding hydrogens is 228 g/mol. The molecule has 5 heteroatoms. The van der Waals surface area contributed by atoms with Gasteiger partial charge in [0, 0.05) is 18.7 Å². The van der Waals surface area contributed by atoms with Crippen LogP contribution in [0.1, 0.15) is 5.56 Å². The van der Waals surface area contributed by atoms with Gasteiger partial charge in [0.25, 0.3) is 0 Å². The molecule has 1 heterocycles. The third-order valence-corrected chi connectivity index (χ3v) is 2.90. The van der Waals surface area contributed by atoms with Crippen molar-refractivity contribution in [3.05, 3.63) is 28.8 Å². The molecule has 1 saturated heterocycles. The Morgan fingerprint density at radius 2 is 2.31 bits per heavy atom. The second-order valence-corrected chi connectivity index (χ2v) is 4.08. The molecule has 86 valence electrons. The van der Waals surface area contributed by atoms with Crippen LogP contribution in [0.2, 0.25) is 5.02 Å². The van der Waals surface area contributed by atoms with E-state index in [9.17, 15) is 9.90 Å². The third-order valence-electron chi connectivity index (χ3n) is 2.60. The molecule has 2 N–H and O–H groups in total. The van der Waals surface area contributed by atoms with E-state index in [1.807, 2.05) is 11.0 Å². The van der Waals surface area contributed by atoms with E-state index in [0.717, 1.165) is 11.3 Å². The molecule has 0 atom stereocenters. The van der Waals surface area contributed by atoms with E-state index in [1.165, 1.54) is 0 Å². The zero-order valence-corrected chi connectivity index (χ0v) is 9.50. The number of nitrogens with zero attached hydrogens (tertiary/aromatic N) is 1. The van der Waals surface area contributed by atoms with Crippen LogP contribution in [0, 0.1) is 0 Å². The summed E-state index contributed by atoms with van der Waals surface area (Å²) in [4.78, 5) is 13.2. The summed E-state index contributed by atoms with van der Waals surface area (Å²) in [5.74, 6) is -0.0185. The minimum atomic E-state index is -0.0754. The first-order chi connectivity index (χ1) is 7.72. The minimum absolute atomic E-state index is 0.0185. The van der Waals surface area contributed by atoms with Gasteiger partial charge < -0.3 is 15.3 Å². The Balaban J connectivity index is 2.34. The smallest absolute Gasteiger partial charge is 0.239 e. The maximum absolute atomic E-state index is 11.3. The largest absolute Gasteiger partial charge is 0.392 e. The second kappa shape index (κ2) is 4.72. The zero-order valence-electron chi connectivity index (χ0n) is 8.74. The molecule has 1 aromatic rings. The molecule has 0 unspecified atom stereocenters. The highest BCUT2D eigenvalue weighted by atomic mass is 35.5. The molecule has 0 radical (unpaired) electrons. The van der Waals surface area contributed by atoms with Gasteiger partial charge in [-0.3, -0.25) is 4.79 Å². The van der Waals surface area contributed by atoms with Crippen molar-refractivity contribution in [1.29, 1.82) is 0 Å². The van der Waals surface area contributed by atoms with E-state index in [1.54, 1.807) is 12.1 Å². The molecule has 2 rings (SSSR count). The molecule has 1 aromatic carbocycles. The standard InChI is InChI=1S/C11H13ClN2O2/c12-9-3-1-2-8(7-15)11(9)14-5-4-13-10(16)6-14/h1-3,15H,4-7H2,(H,13,16). The predicted octanol–water partition coefficient (Wildman–Crippen LogP) is 0.768. The van der Waals surface area contributed by atoms with E-state index in [4.69, 9.17) is 11.6 Å². The quantitative estimate of drug-likeness (QED) is 0.803. The van der Waals surface area contributed by atoms with Crippen LogP contribution < -0.4 is 10.2 Å². The van der Waals surface area contributed by atoms with Crippen molar-refractivity contribution < 1.29 is 9.90 Å². The first kappa shape index (κ1) is 11.2. The molecule has 1 fully saturated rings. The Kier molecular flexibility index (Phi) is 3.31. The van der Waals surface area contributed by atoms with Crippen molar-refractivity contribution in [3.63, 3.8) is 0 Å². The van der Waals surface area contributed by atoms with Crippen molar-refractivity contribution in [2.45, 2.75) is 6.61 Å². The number of carbonyl (C=O) groups excluding carboxylic acids is 1. The summed E-state index contributed by atoms with van der Waals surface area (Å²) in [7, 11) is 0. The number of carbonyl (C=O) groups is 1. The number of aliphatic hydroxyl groups excluding tert-OH is 1. The summed E-state index contributed by atoms with van der Waals surface area (Å²) in [5.41, 5.74) is 1.52. The summed E-state index contributed by atoms with van der Waals surface area (Å²) in [6, 6.07) is 5.37. The molecule has 1 aliphatic heterocycles. The number of amides is 1. The van der Waals surface area contributed by atoms with Crippen LogP contribution in [0.5, 0.6) is 0 Å². The molecule has 4 nitrogen and oxygen atoms in total. The highest BCUT2D eigenvalue weighted by Crippen LogP contribution is 2.30. The van der Waals surface area contributed by atoms with E-state index in [-0.39, 0.29) is 19.1 Å². The number of para-hydroxylation sites is 1. The summed E-state index contributed by atoms with van der Waals surface area (Å²) < 4.78 is 0. The van der Waals surface area contributed by atoms with E-state index >= 15 is 0 Å². The number of halogens is 1. The number of aliphatic hydroxyl groups is 1. The molecule has 0 aliphatic carbocycles. The SMILES string of the molecule is O=C1CN(c2c(Cl)cccc2CO)CCN1. The van der Waals surface area contributed by atoms with Crippen LogP contribution in [0.15, 0.2) is 18.2 Å². The van der Waals surface area contributed by atoms with Crippen LogP contribution in [0.3, 0.4) is 0 Å². The van der Waals surface area contributed by atoms with Gasteiger partial charge in [0.2, 0.25) is 5.91 Å². The van der Waals surface area contributed by atoms with Crippen LogP contribution in [-0.2, 0) is 11.4 Å². The van der Waals surface area contributed by atoms with E-state index in [0.29, 0.717) is 18.1 Å². The Morgan fingerprint density at radius 1 is 1.50 bits per heavy atom. The zero-order chi connectivity index (χ0) is 11.5. The summed E-state index contributed by atoms with van der Waals surface area (Å²) in [5, 5.41) is 12.6. The highest BCUT2D eigenvalue weighted by Gasteiger charge is 2.20. The molecule has 0 aromatic heterocycles. The molecule has 1 aliphatic rings. The number of nitrogens with one attached hydrogen (secondary N) is 1. The molecule has 16 heavy (non-hydrogen) atoms. The number of benzene rings is 1. The molecule has 0 saturated carbocycles. The van der Waals surface area contributed by atoms with Gasteiger partial charge in [-0.15, -0.1) is 0 Å². The summed E-state index contributed by atoms with van der Waals surface area (Å²) >= 11 is 6.10. The second-order valence-electron chi connectivity index (χ2n) is 3.68. The van der Waals surface area contributed by atoms with E-state index < -0.39 is 0 Å². The van der Waals surface area contributed by atoms with Gasteiger partial charge >= 0.3 is 0 Å². The van der Waals surface area contributed by atoms with E-state index in [2.05, 4.69) is 5.32 Å². The van der Waals surface area contributed by atoms with Crippen LogP contribution in [-0.4, -0.2) is 30.6 Å². The van der Waals surface area contributed by atoms with Gasteiger partial charge in [-0.25, -0.2) is 0 Å². The molecular formula is C11H13ClN2O2. The number of rotatable bonds is 2. The first-order valence-corrected chi connectivity index (χ1v) is 5.50. The molecule has 0 bridgehead atoms. The molecule has 1 amide bonds. The minimum Gasteiger partial charge on any atom is -0.392 e. The van der Waals surface area contributed by atoms with Crippen LogP contribution in [0.25, 0.3) is 0 Å². The van der Waals surface area contributed by atoms with Gasteiger partial charge in [0.1, 0.15) is 0 Å². The van der Waals surface area contributed by atoms with Crippen molar-refractivity contribution in [1.82, 2.24) is 5.32 Å². The van der Waals surface area contributed by atoms with Crippen LogP contribution >= 0.6 is 11.6 Å². The number of hydrogen-bond donors (Lipinski definition) is 2. The number of hydrogen-bond acceptors (Lipinski definition) is 3. The Morgan fingerprint density at radius 3 is 3.00 bits per heavy atom. The van der Waals surface area contributed by atoms with Gasteiger partial charge in [0.15, 0.2) is 0 Å². The fraction of sp³-hybridized carbons (Fsp3) is 0.364. The number of piperazine rings is 1. The lowest BCUT2D eigenvalue weighted by Crippen LogP contribution is -2.48. The van der Waals surface area contributed by atoms with Crippen molar-refractivity contribution in [3.8, 4) is 0 Å². The Labute approximate surface area is 98.8 Å². The normalized spacial score (nSPS) is 16.1. The Hall–Kier alpha value is -1.26. The van der Waals surface area contributed by atoms with Gasteiger partial charge in [-0.1, -0.05) is 23.7 Å². The van der Waals surface area contributed by atoms with Crippen molar-refractivity contribution in [2.24, 2.45) is 0 Å². The summed E-state index contributed by atoms with van der Waals surface area (Å²) in [6.07, 6.45) is 0. The highest BCUT2D eigenvalue weighted by molar-refractivity contribution is 6.33. The fourth-order valence-corrected chi connectivity index (χ4v) is 2.18. The lowest BCUT2D eigenvalue weighted by molar-refractivity contribution is -0.120. The van der Waals surface area contributed by atoms with Crippen molar-refractivity contribution in [2.75, 3.05) is 24.5 Å².